The van der Waals surface area contributed by atoms with Gasteiger partial charge in [0, 0.05) is 7.11 Å². The van der Waals surface area contributed by atoms with Crippen molar-refractivity contribution in [3.05, 3.63) is 21.0 Å². The zero-order valence-electron chi connectivity index (χ0n) is 10.3. The van der Waals surface area contributed by atoms with Crippen LogP contribution in [0.4, 0.5) is 14.5 Å². The lowest BCUT2D eigenvalue weighted by atomic mass is 10.3. The van der Waals surface area contributed by atoms with Crippen molar-refractivity contribution in [3.8, 4) is 0 Å². The van der Waals surface area contributed by atoms with E-state index in [1.54, 1.807) is 0 Å². The van der Waals surface area contributed by atoms with Gasteiger partial charge in [0.15, 0.2) is 0 Å². The average molecular weight is 341 g/mol. The van der Waals surface area contributed by atoms with Crippen LogP contribution in [0.15, 0.2) is 15.5 Å². The number of nitrogens with two attached hydrogens (primary N) is 1. The predicted molar refractivity (Wildman–Crippen MR) is 70.6 cm³/mol. The summed E-state index contributed by atoms with van der Waals surface area (Å²) in [4.78, 5) is 11.8. The maximum atomic E-state index is 13.0. The van der Waals surface area contributed by atoms with Gasteiger partial charge in [-0.25, -0.2) is 13.5 Å². The van der Waals surface area contributed by atoms with Crippen molar-refractivity contribution in [2.24, 2.45) is 5.73 Å². The number of hydrogen-bond donors (Lipinski definition) is 2. The van der Waals surface area contributed by atoms with E-state index in [0.717, 1.165) is 0 Å². The number of nitrogens with one attached hydrogen (secondary N) is 1. The van der Waals surface area contributed by atoms with Gasteiger partial charge in [-0.1, -0.05) is 0 Å². The highest BCUT2D eigenvalue weighted by Crippen LogP contribution is 2.18. The van der Waals surface area contributed by atoms with E-state index >= 15 is 0 Å². The second-order valence-corrected chi connectivity index (χ2v) is 4.60. The Morgan fingerprint density at radius 2 is 2.32 bits per heavy atom. The van der Waals surface area contributed by atoms with Crippen LogP contribution in [0.1, 0.15) is 0 Å². The second kappa shape index (κ2) is 6.92. The third-order valence-corrected chi connectivity index (χ3v) is 3.09. The second-order valence-electron chi connectivity index (χ2n) is 3.81. The van der Waals surface area contributed by atoms with E-state index in [-0.39, 0.29) is 16.7 Å². The molecule has 0 amide bonds. The van der Waals surface area contributed by atoms with Crippen LogP contribution in [0.3, 0.4) is 0 Å². The number of alkyl halides is 2. The molecule has 0 radical (unpaired) electrons. The third kappa shape index (κ3) is 4.51. The van der Waals surface area contributed by atoms with Crippen molar-refractivity contribution in [2.75, 3.05) is 32.1 Å². The Labute approximate surface area is 117 Å². The Morgan fingerprint density at radius 3 is 2.89 bits per heavy atom. The molecule has 1 heterocycles. The molecule has 0 aliphatic rings. The minimum atomic E-state index is -3.04. The number of ether oxygens (including phenoxy) is 1. The van der Waals surface area contributed by atoms with E-state index in [0.29, 0.717) is 6.61 Å². The summed E-state index contributed by atoms with van der Waals surface area (Å²) in [6.07, 6.45) is 1.30. The smallest absolute Gasteiger partial charge is 0.283 e. The van der Waals surface area contributed by atoms with E-state index in [4.69, 9.17) is 10.5 Å². The summed E-state index contributed by atoms with van der Waals surface area (Å²) >= 11 is 3.06. The molecule has 0 aliphatic heterocycles. The molecule has 0 saturated heterocycles. The first-order valence-electron chi connectivity index (χ1n) is 5.47. The largest absolute Gasteiger partial charge is 0.383 e. The van der Waals surface area contributed by atoms with Crippen LogP contribution in [0.25, 0.3) is 0 Å². The highest BCUT2D eigenvalue weighted by molar-refractivity contribution is 9.10. The van der Waals surface area contributed by atoms with Gasteiger partial charge in [0.2, 0.25) is 0 Å². The Bertz CT molecular complexity index is 481. The molecule has 0 aromatic carbocycles. The summed E-state index contributed by atoms with van der Waals surface area (Å²) in [5.41, 5.74) is 4.70. The molecule has 9 heteroatoms. The minimum Gasteiger partial charge on any atom is -0.383 e. The molecule has 0 spiro atoms. The summed E-state index contributed by atoms with van der Waals surface area (Å²) in [5, 5.41) is 6.30. The number of aromatic nitrogens is 2. The minimum absolute atomic E-state index is 0.145. The fraction of sp³-hybridized carbons (Fsp3) is 0.600. The monoisotopic (exact) mass is 340 g/mol. The zero-order chi connectivity index (χ0) is 14.5. The molecule has 6 nitrogen and oxygen atoms in total. The molecule has 0 bridgehead atoms. The Hall–Kier alpha value is -1.06. The standard InChI is InChI=1S/C10H15BrF2N4O2/c1-19-3-2-17-9(18)8(11)7(4-16-17)15-6-10(12,13)5-14/h4,15H,2-3,5-6,14H2,1H3. The van der Waals surface area contributed by atoms with Gasteiger partial charge in [-0.2, -0.15) is 5.10 Å². The lowest BCUT2D eigenvalue weighted by Crippen LogP contribution is -2.36. The normalized spacial score (nSPS) is 11.6. The molecule has 0 saturated carbocycles. The SMILES string of the molecule is COCCn1ncc(NCC(F)(F)CN)c(Br)c1=O. The first-order valence-corrected chi connectivity index (χ1v) is 6.27. The number of nitrogens with zero attached hydrogens (tertiary/aromatic N) is 2. The van der Waals surface area contributed by atoms with Crippen LogP contribution in [-0.2, 0) is 11.3 Å². The van der Waals surface area contributed by atoms with Gasteiger partial charge in [-0.15, -0.1) is 0 Å². The summed E-state index contributed by atoms with van der Waals surface area (Å²) in [6.45, 7) is -0.814. The molecular formula is C10H15BrF2N4O2. The molecule has 19 heavy (non-hydrogen) atoms. The van der Waals surface area contributed by atoms with Crippen LogP contribution in [0.2, 0.25) is 0 Å². The van der Waals surface area contributed by atoms with Crippen molar-refractivity contribution in [3.63, 3.8) is 0 Å². The van der Waals surface area contributed by atoms with E-state index in [2.05, 4.69) is 26.3 Å². The average Bonchev–Trinajstić information content (AvgIpc) is 2.39. The Balaban J connectivity index is 2.82. The van der Waals surface area contributed by atoms with Crippen LogP contribution < -0.4 is 16.6 Å². The first-order chi connectivity index (χ1) is 8.91. The van der Waals surface area contributed by atoms with Crippen molar-refractivity contribution in [1.29, 1.82) is 0 Å². The van der Waals surface area contributed by atoms with Gasteiger partial charge in [-0.3, -0.25) is 4.79 Å². The molecule has 0 aliphatic carbocycles. The molecule has 1 aromatic rings. The van der Waals surface area contributed by atoms with Gasteiger partial charge < -0.3 is 15.8 Å². The maximum absolute atomic E-state index is 13.0. The van der Waals surface area contributed by atoms with Crippen molar-refractivity contribution >= 4 is 21.6 Å². The van der Waals surface area contributed by atoms with Gasteiger partial charge in [0.1, 0.15) is 4.47 Å². The van der Waals surface area contributed by atoms with Gasteiger partial charge in [0.05, 0.1) is 38.1 Å². The maximum Gasteiger partial charge on any atom is 0.283 e. The summed E-state index contributed by atoms with van der Waals surface area (Å²) in [5.74, 6) is -3.04. The predicted octanol–water partition coefficient (Wildman–Crippen LogP) is 0.658. The quantitative estimate of drug-likeness (QED) is 0.761. The van der Waals surface area contributed by atoms with E-state index < -0.39 is 24.6 Å². The fourth-order valence-electron chi connectivity index (χ4n) is 1.22. The zero-order valence-corrected chi connectivity index (χ0v) is 11.9. The lowest BCUT2D eigenvalue weighted by Gasteiger charge is -2.16. The molecular weight excluding hydrogens is 326 g/mol. The van der Waals surface area contributed by atoms with Gasteiger partial charge in [-0.05, 0) is 15.9 Å². The van der Waals surface area contributed by atoms with Crippen molar-refractivity contribution < 1.29 is 13.5 Å². The number of hydrogen-bond acceptors (Lipinski definition) is 5. The summed E-state index contributed by atoms with van der Waals surface area (Å²) < 4.78 is 32.1. The number of anilines is 1. The molecule has 108 valence electrons. The van der Waals surface area contributed by atoms with Gasteiger partial charge in [0.25, 0.3) is 11.5 Å². The number of rotatable bonds is 7. The van der Waals surface area contributed by atoms with Crippen LogP contribution in [-0.4, -0.2) is 42.5 Å². The topological polar surface area (TPSA) is 82.2 Å². The highest BCUT2D eigenvalue weighted by atomic mass is 79.9. The van der Waals surface area contributed by atoms with E-state index in [1.807, 2.05) is 0 Å². The molecule has 0 atom stereocenters. The summed E-state index contributed by atoms with van der Waals surface area (Å²) in [6, 6.07) is 0. The highest BCUT2D eigenvalue weighted by Gasteiger charge is 2.26. The van der Waals surface area contributed by atoms with Crippen LogP contribution in [0.5, 0.6) is 0 Å². The van der Waals surface area contributed by atoms with Crippen molar-refractivity contribution in [1.82, 2.24) is 9.78 Å². The fourth-order valence-corrected chi connectivity index (χ4v) is 1.67. The molecule has 3 N–H and O–H groups in total. The van der Waals surface area contributed by atoms with Crippen LogP contribution >= 0.6 is 15.9 Å². The lowest BCUT2D eigenvalue weighted by molar-refractivity contribution is 0.0253. The third-order valence-electron chi connectivity index (χ3n) is 2.33. The molecule has 0 unspecified atom stereocenters. The van der Waals surface area contributed by atoms with Crippen molar-refractivity contribution in [2.45, 2.75) is 12.5 Å². The van der Waals surface area contributed by atoms with Gasteiger partial charge >= 0.3 is 0 Å². The van der Waals surface area contributed by atoms with Crippen LogP contribution in [0, 0.1) is 0 Å². The Morgan fingerprint density at radius 1 is 1.63 bits per heavy atom. The molecule has 1 rings (SSSR count). The summed E-state index contributed by atoms with van der Waals surface area (Å²) in [7, 11) is 1.50. The molecule has 0 fully saturated rings. The number of methoxy groups -OCH3 is 1. The molecule has 1 aromatic heterocycles. The Kier molecular flexibility index (Phi) is 5.83. The number of halogens is 3. The first kappa shape index (κ1) is 16.0. The van der Waals surface area contributed by atoms with E-state index in [9.17, 15) is 13.6 Å². The van der Waals surface area contributed by atoms with E-state index in [1.165, 1.54) is 18.0 Å².